The molecule has 1 heterocycles. The first kappa shape index (κ1) is 16.4. The lowest BCUT2D eigenvalue weighted by molar-refractivity contribution is 0.586. The van der Waals surface area contributed by atoms with Gasteiger partial charge in [-0.3, -0.25) is 0 Å². The Morgan fingerprint density at radius 2 is 1.86 bits per heavy atom. The van der Waals surface area contributed by atoms with Gasteiger partial charge in [0.25, 0.3) is 0 Å². The number of aromatic nitrogens is 2. The molecule has 1 aromatic carbocycles. The van der Waals surface area contributed by atoms with Crippen LogP contribution in [0.5, 0.6) is 0 Å². The highest BCUT2D eigenvalue weighted by Crippen LogP contribution is 2.28. The van der Waals surface area contributed by atoms with Crippen LogP contribution in [0.25, 0.3) is 11.4 Å². The van der Waals surface area contributed by atoms with E-state index in [0.29, 0.717) is 17.5 Å². The molecule has 0 radical (unpaired) electrons. The van der Waals surface area contributed by atoms with E-state index in [2.05, 4.69) is 32.8 Å². The third-order valence-corrected chi connectivity index (χ3v) is 4.77. The van der Waals surface area contributed by atoms with Crippen LogP contribution >= 0.6 is 27.5 Å². The highest BCUT2D eigenvalue weighted by molar-refractivity contribution is 9.10. The Morgan fingerprint density at radius 1 is 1.24 bits per heavy atom. The van der Waals surface area contributed by atoms with Gasteiger partial charge in [0.2, 0.25) is 0 Å². The van der Waals surface area contributed by atoms with Crippen LogP contribution in [0.4, 0.5) is 0 Å². The van der Waals surface area contributed by atoms with Crippen LogP contribution in [0.1, 0.15) is 23.9 Å². The normalized spacial score (nSPS) is 12.5. The summed E-state index contributed by atoms with van der Waals surface area (Å²) in [5.41, 5.74) is 9.90. The Morgan fingerprint density at radius 3 is 2.38 bits per heavy atom. The summed E-state index contributed by atoms with van der Waals surface area (Å²) in [4.78, 5) is 9.29. The average Bonchev–Trinajstić information content (AvgIpc) is 2.45. The highest BCUT2D eigenvalue weighted by Gasteiger charge is 2.13. The predicted octanol–water partition coefficient (Wildman–Crippen LogP) is 4.31. The lowest BCUT2D eigenvalue weighted by Gasteiger charge is -2.14. The van der Waals surface area contributed by atoms with Crippen LogP contribution in [0.15, 0.2) is 22.7 Å². The van der Waals surface area contributed by atoms with Crippen molar-refractivity contribution in [1.29, 1.82) is 0 Å². The predicted molar refractivity (Wildman–Crippen MR) is 91.6 cm³/mol. The molecule has 2 N–H and O–H groups in total. The Kier molecular flexibility index (Phi) is 5.36. The lowest BCUT2D eigenvalue weighted by atomic mass is 9.99. The summed E-state index contributed by atoms with van der Waals surface area (Å²) in [6.07, 6.45) is 0.915. The summed E-state index contributed by atoms with van der Waals surface area (Å²) in [5, 5.41) is 0.681. The van der Waals surface area contributed by atoms with E-state index < -0.39 is 0 Å². The zero-order valence-electron chi connectivity index (χ0n) is 12.5. The minimum atomic E-state index is 0.432. The number of nitrogens with zero attached hydrogens (tertiary/aromatic N) is 2. The molecule has 0 aliphatic rings. The smallest absolute Gasteiger partial charge is 0.159 e. The van der Waals surface area contributed by atoms with Crippen LogP contribution in [0.3, 0.4) is 0 Å². The number of nitrogens with two attached hydrogens (primary N) is 1. The molecule has 0 amide bonds. The zero-order chi connectivity index (χ0) is 15.6. The van der Waals surface area contributed by atoms with Gasteiger partial charge in [-0.1, -0.05) is 18.5 Å². The second-order valence-electron chi connectivity index (χ2n) is 5.37. The Bertz CT molecular complexity index is 635. The van der Waals surface area contributed by atoms with Crippen molar-refractivity contribution in [3.63, 3.8) is 0 Å². The van der Waals surface area contributed by atoms with Gasteiger partial charge in [-0.05, 0) is 72.4 Å². The molecule has 5 heteroatoms. The molecule has 0 saturated carbocycles. The number of hydrogen-bond acceptors (Lipinski definition) is 3. The fourth-order valence-electron chi connectivity index (χ4n) is 2.23. The molecule has 0 aliphatic carbocycles. The average molecular weight is 369 g/mol. The molecule has 3 nitrogen and oxygen atoms in total. The molecular weight excluding hydrogens is 350 g/mol. The number of benzene rings is 1. The van der Waals surface area contributed by atoms with E-state index in [-0.39, 0.29) is 0 Å². The quantitative estimate of drug-likeness (QED) is 0.874. The van der Waals surface area contributed by atoms with Gasteiger partial charge in [0.05, 0.1) is 5.02 Å². The molecule has 2 aromatic rings. The Hall–Kier alpha value is -0.970. The molecule has 1 unspecified atom stereocenters. The van der Waals surface area contributed by atoms with Crippen molar-refractivity contribution >= 4 is 27.5 Å². The fraction of sp³-hybridized carbons (Fsp3) is 0.375. The summed E-state index contributed by atoms with van der Waals surface area (Å²) in [7, 11) is 0. The summed E-state index contributed by atoms with van der Waals surface area (Å²) in [6.45, 7) is 6.87. The maximum atomic E-state index is 6.03. The van der Waals surface area contributed by atoms with Crippen molar-refractivity contribution in [2.45, 2.75) is 27.2 Å². The molecule has 0 aliphatic heterocycles. The second kappa shape index (κ2) is 6.86. The molecule has 112 valence electrons. The second-order valence-corrected chi connectivity index (χ2v) is 6.63. The van der Waals surface area contributed by atoms with Crippen LogP contribution in [-0.4, -0.2) is 16.5 Å². The van der Waals surface area contributed by atoms with Crippen LogP contribution < -0.4 is 5.73 Å². The molecule has 21 heavy (non-hydrogen) atoms. The van der Waals surface area contributed by atoms with Crippen molar-refractivity contribution in [3.8, 4) is 11.4 Å². The maximum absolute atomic E-state index is 6.03. The third-order valence-electron chi connectivity index (χ3n) is 3.55. The van der Waals surface area contributed by atoms with Gasteiger partial charge >= 0.3 is 0 Å². The van der Waals surface area contributed by atoms with Gasteiger partial charge in [0.1, 0.15) is 0 Å². The number of halogens is 2. The van der Waals surface area contributed by atoms with Gasteiger partial charge in [0.15, 0.2) is 5.82 Å². The SMILES string of the molecule is Cc1nc(-c2ccc(Cl)c(Br)c2)nc(C)c1CC(C)CN. The van der Waals surface area contributed by atoms with E-state index in [4.69, 9.17) is 17.3 Å². The van der Waals surface area contributed by atoms with Crippen molar-refractivity contribution in [2.24, 2.45) is 11.7 Å². The van der Waals surface area contributed by atoms with Crippen molar-refractivity contribution < 1.29 is 0 Å². The van der Waals surface area contributed by atoms with Crippen LogP contribution in [-0.2, 0) is 6.42 Å². The molecule has 0 bridgehead atoms. The Balaban J connectivity index is 2.41. The van der Waals surface area contributed by atoms with E-state index in [0.717, 1.165) is 33.7 Å². The van der Waals surface area contributed by atoms with Gasteiger partial charge in [-0.2, -0.15) is 0 Å². The van der Waals surface area contributed by atoms with Crippen LogP contribution in [0.2, 0.25) is 5.02 Å². The topological polar surface area (TPSA) is 51.8 Å². The molecule has 1 atom stereocenters. The lowest BCUT2D eigenvalue weighted by Crippen LogP contribution is -2.15. The first-order valence-electron chi connectivity index (χ1n) is 6.92. The Labute approximate surface area is 139 Å². The number of hydrogen-bond donors (Lipinski definition) is 1. The fourth-order valence-corrected chi connectivity index (χ4v) is 2.73. The van der Waals surface area contributed by atoms with E-state index in [1.165, 1.54) is 5.56 Å². The molecule has 1 aromatic heterocycles. The standard InChI is InChI=1S/C16H19BrClN3/c1-9(8-19)6-13-10(2)20-16(21-11(13)3)12-4-5-15(18)14(17)7-12/h4-5,7,9H,6,8,19H2,1-3H3. The monoisotopic (exact) mass is 367 g/mol. The minimum absolute atomic E-state index is 0.432. The first-order chi connectivity index (χ1) is 9.92. The van der Waals surface area contributed by atoms with Crippen molar-refractivity contribution in [1.82, 2.24) is 9.97 Å². The van der Waals surface area contributed by atoms with Crippen molar-refractivity contribution in [2.75, 3.05) is 6.54 Å². The summed E-state index contributed by atoms with van der Waals surface area (Å²) in [5.74, 6) is 1.16. The van der Waals surface area contributed by atoms with E-state index in [1.54, 1.807) is 0 Å². The molecule has 0 saturated heterocycles. The highest BCUT2D eigenvalue weighted by atomic mass is 79.9. The maximum Gasteiger partial charge on any atom is 0.159 e. The third kappa shape index (κ3) is 3.82. The largest absolute Gasteiger partial charge is 0.330 e. The van der Waals surface area contributed by atoms with E-state index >= 15 is 0 Å². The van der Waals surface area contributed by atoms with E-state index in [1.807, 2.05) is 32.0 Å². The molecule has 0 spiro atoms. The zero-order valence-corrected chi connectivity index (χ0v) is 14.8. The first-order valence-corrected chi connectivity index (χ1v) is 8.09. The molecule has 2 rings (SSSR count). The minimum Gasteiger partial charge on any atom is -0.330 e. The summed E-state index contributed by atoms with van der Waals surface area (Å²) >= 11 is 9.47. The van der Waals surface area contributed by atoms with E-state index in [9.17, 15) is 0 Å². The van der Waals surface area contributed by atoms with Crippen molar-refractivity contribution in [3.05, 3.63) is 44.6 Å². The molecular formula is C16H19BrClN3. The number of rotatable bonds is 4. The summed E-state index contributed by atoms with van der Waals surface area (Å²) < 4.78 is 0.849. The molecule has 0 fully saturated rings. The summed E-state index contributed by atoms with van der Waals surface area (Å²) in [6, 6.07) is 5.72. The van der Waals surface area contributed by atoms with Gasteiger partial charge < -0.3 is 5.73 Å². The number of aryl methyl sites for hydroxylation is 2. The van der Waals surface area contributed by atoms with Gasteiger partial charge in [-0.25, -0.2) is 9.97 Å². The van der Waals surface area contributed by atoms with Gasteiger partial charge in [0, 0.05) is 21.4 Å². The van der Waals surface area contributed by atoms with Gasteiger partial charge in [-0.15, -0.1) is 0 Å². The van der Waals surface area contributed by atoms with Crippen LogP contribution in [0, 0.1) is 19.8 Å².